The van der Waals surface area contributed by atoms with Crippen molar-refractivity contribution in [2.24, 2.45) is 0 Å². The van der Waals surface area contributed by atoms with Gasteiger partial charge in [-0.15, -0.1) is 0 Å². The summed E-state index contributed by atoms with van der Waals surface area (Å²) in [4.78, 5) is 12.4. The van der Waals surface area contributed by atoms with Crippen molar-refractivity contribution in [3.05, 3.63) is 88.4 Å². The molecule has 0 saturated heterocycles. The molecule has 3 rings (SSSR count). The Labute approximate surface area is 181 Å². The minimum Gasteiger partial charge on any atom is -0.383 e. The Morgan fingerprint density at radius 3 is 2.14 bits per heavy atom. The summed E-state index contributed by atoms with van der Waals surface area (Å²) in [5, 5.41) is 10.6. The highest BCUT2D eigenvalue weighted by molar-refractivity contribution is 6.39. The number of para-hydroxylation sites is 2. The second-order valence-electron chi connectivity index (χ2n) is 6.65. The van der Waals surface area contributed by atoms with E-state index < -0.39 is 0 Å². The van der Waals surface area contributed by atoms with Gasteiger partial charge in [0.2, 0.25) is 5.91 Å². The summed E-state index contributed by atoms with van der Waals surface area (Å²) >= 11 is 12.4. The Bertz CT molecular complexity index is 926. The maximum atomic E-state index is 12.4. The lowest BCUT2D eigenvalue weighted by Crippen LogP contribution is -2.32. The fourth-order valence-corrected chi connectivity index (χ4v) is 3.36. The second kappa shape index (κ2) is 10.2. The molecule has 0 aliphatic rings. The number of carbonyl (C=O) groups is 1. The lowest BCUT2D eigenvalue weighted by molar-refractivity contribution is -0.122. The van der Waals surface area contributed by atoms with Crippen LogP contribution in [0.3, 0.4) is 0 Å². The summed E-state index contributed by atoms with van der Waals surface area (Å²) in [6.07, 6.45) is 0. The molecule has 150 valence electrons. The first-order chi connectivity index (χ1) is 14.0. The molecule has 3 N–H and O–H groups in total. The van der Waals surface area contributed by atoms with Crippen LogP contribution in [0, 0.1) is 0 Å². The zero-order valence-corrected chi connectivity index (χ0v) is 17.6. The summed E-state index contributed by atoms with van der Waals surface area (Å²) in [5.74, 6) is -0.251. The minimum absolute atomic E-state index is 0.00489. The van der Waals surface area contributed by atoms with E-state index in [0.29, 0.717) is 28.8 Å². The lowest BCUT2D eigenvalue weighted by atomic mass is 10.00. The number of halogens is 2. The molecule has 0 bridgehead atoms. The van der Waals surface area contributed by atoms with Gasteiger partial charge < -0.3 is 16.0 Å². The predicted octanol–water partition coefficient (Wildman–Crippen LogP) is 6.07. The Hall–Kier alpha value is -2.69. The van der Waals surface area contributed by atoms with Crippen LogP contribution in [0.1, 0.15) is 18.4 Å². The van der Waals surface area contributed by atoms with Crippen molar-refractivity contribution in [2.75, 3.05) is 23.7 Å². The normalized spacial score (nSPS) is 11.6. The molecule has 0 heterocycles. The summed E-state index contributed by atoms with van der Waals surface area (Å²) in [6.45, 7) is 3.12. The lowest BCUT2D eigenvalue weighted by Gasteiger charge is -2.15. The number of anilines is 3. The average molecular weight is 428 g/mol. The molecule has 0 radical (unpaired) electrons. The van der Waals surface area contributed by atoms with Gasteiger partial charge in [0, 0.05) is 24.5 Å². The first kappa shape index (κ1) is 21.0. The first-order valence-corrected chi connectivity index (χ1v) is 10.2. The van der Waals surface area contributed by atoms with Gasteiger partial charge in [-0.1, -0.05) is 59.6 Å². The van der Waals surface area contributed by atoms with E-state index in [2.05, 4.69) is 16.0 Å². The number of hydrogen-bond donors (Lipinski definition) is 3. The van der Waals surface area contributed by atoms with Gasteiger partial charge in [0.1, 0.15) is 0 Å². The number of hydrogen-bond acceptors (Lipinski definition) is 3. The van der Waals surface area contributed by atoms with Crippen molar-refractivity contribution in [1.29, 1.82) is 0 Å². The van der Waals surface area contributed by atoms with E-state index in [1.54, 1.807) is 18.2 Å². The largest absolute Gasteiger partial charge is 0.383 e. The first-order valence-electron chi connectivity index (χ1n) is 9.42. The van der Waals surface area contributed by atoms with Crippen LogP contribution >= 0.6 is 23.2 Å². The van der Waals surface area contributed by atoms with Gasteiger partial charge in [-0.25, -0.2) is 0 Å². The monoisotopic (exact) mass is 427 g/mol. The molecule has 29 heavy (non-hydrogen) atoms. The molecule has 0 spiro atoms. The summed E-state index contributed by atoms with van der Waals surface area (Å²) in [7, 11) is 0. The van der Waals surface area contributed by atoms with E-state index in [9.17, 15) is 4.79 Å². The SMILES string of the molecule is CC(C(=O)NCCNc1ccccc1)c1ccc(Nc2c(Cl)cccc2Cl)cc1. The van der Waals surface area contributed by atoms with Crippen LogP contribution in [-0.2, 0) is 4.79 Å². The van der Waals surface area contributed by atoms with Gasteiger partial charge >= 0.3 is 0 Å². The summed E-state index contributed by atoms with van der Waals surface area (Å²) < 4.78 is 0. The minimum atomic E-state index is -0.246. The molecule has 4 nitrogen and oxygen atoms in total. The number of carbonyl (C=O) groups excluding carboxylic acids is 1. The van der Waals surface area contributed by atoms with Gasteiger partial charge in [-0.3, -0.25) is 4.79 Å². The molecular weight excluding hydrogens is 405 g/mol. The van der Waals surface area contributed by atoms with Crippen molar-refractivity contribution in [1.82, 2.24) is 5.32 Å². The molecule has 1 amide bonds. The molecule has 1 unspecified atom stereocenters. The Balaban J connectivity index is 1.51. The highest BCUT2D eigenvalue weighted by atomic mass is 35.5. The number of rotatable bonds is 8. The Morgan fingerprint density at radius 1 is 0.828 bits per heavy atom. The van der Waals surface area contributed by atoms with E-state index in [1.165, 1.54) is 0 Å². The molecule has 0 aliphatic carbocycles. The fourth-order valence-electron chi connectivity index (χ4n) is 2.87. The summed E-state index contributed by atoms with van der Waals surface area (Å²) in [5.41, 5.74) is 3.49. The molecule has 6 heteroatoms. The van der Waals surface area contributed by atoms with Crippen molar-refractivity contribution in [2.45, 2.75) is 12.8 Å². The third kappa shape index (κ3) is 5.89. The average Bonchev–Trinajstić information content (AvgIpc) is 2.74. The highest BCUT2D eigenvalue weighted by Gasteiger charge is 2.15. The molecule has 0 aromatic heterocycles. The van der Waals surface area contributed by atoms with Gasteiger partial charge in [-0.05, 0) is 48.9 Å². The third-order valence-electron chi connectivity index (χ3n) is 4.56. The molecule has 0 saturated carbocycles. The molecule has 1 atom stereocenters. The van der Waals surface area contributed by atoms with E-state index in [4.69, 9.17) is 23.2 Å². The predicted molar refractivity (Wildman–Crippen MR) is 123 cm³/mol. The quantitative estimate of drug-likeness (QED) is 0.382. The molecular formula is C23H23Cl2N3O. The van der Waals surface area contributed by atoms with Crippen molar-refractivity contribution in [3.8, 4) is 0 Å². The molecule has 0 aliphatic heterocycles. The topological polar surface area (TPSA) is 53.2 Å². The maximum absolute atomic E-state index is 12.4. The number of nitrogens with one attached hydrogen (secondary N) is 3. The zero-order valence-electron chi connectivity index (χ0n) is 16.1. The van der Waals surface area contributed by atoms with Crippen molar-refractivity contribution < 1.29 is 4.79 Å². The van der Waals surface area contributed by atoms with Crippen LogP contribution in [0.2, 0.25) is 10.0 Å². The van der Waals surface area contributed by atoms with Crippen molar-refractivity contribution >= 4 is 46.2 Å². The zero-order chi connectivity index (χ0) is 20.6. The van der Waals surface area contributed by atoms with Crippen LogP contribution in [0.5, 0.6) is 0 Å². The Morgan fingerprint density at radius 2 is 1.48 bits per heavy atom. The van der Waals surface area contributed by atoms with E-state index in [-0.39, 0.29) is 11.8 Å². The summed E-state index contributed by atoms with van der Waals surface area (Å²) in [6, 6.07) is 23.0. The second-order valence-corrected chi connectivity index (χ2v) is 7.46. The van der Waals surface area contributed by atoms with Gasteiger partial charge in [0.25, 0.3) is 0 Å². The number of amides is 1. The van der Waals surface area contributed by atoms with E-state index in [0.717, 1.165) is 16.9 Å². The molecule has 3 aromatic rings. The van der Waals surface area contributed by atoms with Gasteiger partial charge in [-0.2, -0.15) is 0 Å². The van der Waals surface area contributed by atoms with E-state index >= 15 is 0 Å². The highest BCUT2D eigenvalue weighted by Crippen LogP contribution is 2.32. The molecule has 3 aromatic carbocycles. The van der Waals surface area contributed by atoms with Crippen LogP contribution < -0.4 is 16.0 Å². The maximum Gasteiger partial charge on any atom is 0.227 e. The van der Waals surface area contributed by atoms with Crippen LogP contribution in [0.4, 0.5) is 17.1 Å². The third-order valence-corrected chi connectivity index (χ3v) is 5.19. The van der Waals surface area contributed by atoms with Crippen LogP contribution in [0.15, 0.2) is 72.8 Å². The van der Waals surface area contributed by atoms with Gasteiger partial charge in [0.05, 0.1) is 21.7 Å². The molecule has 0 fully saturated rings. The van der Waals surface area contributed by atoms with Crippen LogP contribution in [-0.4, -0.2) is 19.0 Å². The van der Waals surface area contributed by atoms with Gasteiger partial charge in [0.15, 0.2) is 0 Å². The van der Waals surface area contributed by atoms with E-state index in [1.807, 2.05) is 61.5 Å². The van der Waals surface area contributed by atoms with Crippen LogP contribution in [0.25, 0.3) is 0 Å². The Kier molecular flexibility index (Phi) is 7.39. The number of benzene rings is 3. The standard InChI is InChI=1S/C23H23Cl2N3O/c1-16(23(29)27-15-14-26-18-6-3-2-4-7-18)17-10-12-19(13-11-17)28-22-20(24)8-5-9-21(22)25/h2-13,16,26,28H,14-15H2,1H3,(H,27,29). The van der Waals surface area contributed by atoms with Crippen molar-refractivity contribution in [3.63, 3.8) is 0 Å². The smallest absolute Gasteiger partial charge is 0.227 e. The fraction of sp³-hybridized carbons (Fsp3) is 0.174.